The molecule has 0 aliphatic carbocycles. The summed E-state index contributed by atoms with van der Waals surface area (Å²) in [4.78, 5) is 24.5. The average Bonchev–Trinajstić information content (AvgIpc) is 3.32. The number of aryl methyl sites for hydroxylation is 1. The van der Waals surface area contributed by atoms with Crippen LogP contribution < -0.4 is 15.7 Å². The van der Waals surface area contributed by atoms with Crippen LogP contribution in [-0.4, -0.2) is 45.9 Å². The third-order valence-corrected chi connectivity index (χ3v) is 5.72. The van der Waals surface area contributed by atoms with Gasteiger partial charge in [-0.1, -0.05) is 11.5 Å². The Bertz CT molecular complexity index is 1060. The number of hydrogen-bond donors (Lipinski definition) is 1. The van der Waals surface area contributed by atoms with Crippen molar-refractivity contribution in [2.45, 2.75) is 44.7 Å². The minimum Gasteiger partial charge on any atom is -0.349 e. The largest absolute Gasteiger partial charge is 0.349 e. The van der Waals surface area contributed by atoms with Crippen molar-refractivity contribution < 1.29 is 4.79 Å². The van der Waals surface area contributed by atoms with E-state index < -0.39 is 0 Å². The number of rotatable bonds is 0. The zero-order valence-electron chi connectivity index (χ0n) is 15.8. The molecular formula is C20H21BN6O. The lowest BCUT2D eigenvalue weighted by Crippen LogP contribution is -2.33. The topological polar surface area (TPSA) is 75.4 Å². The molecule has 0 spiro atoms. The molecule has 3 aromatic heterocycles. The molecule has 1 N–H and O–H groups in total. The number of amides is 1. The molecule has 2 aliphatic heterocycles. The van der Waals surface area contributed by atoms with Gasteiger partial charge in [-0.2, -0.15) is 5.10 Å². The van der Waals surface area contributed by atoms with Crippen molar-refractivity contribution in [1.29, 1.82) is 0 Å². The number of anilines is 1. The van der Waals surface area contributed by atoms with Crippen LogP contribution in [0.3, 0.4) is 0 Å². The molecule has 28 heavy (non-hydrogen) atoms. The van der Waals surface area contributed by atoms with Crippen molar-refractivity contribution in [3.05, 3.63) is 47.5 Å². The summed E-state index contributed by atoms with van der Waals surface area (Å²) in [6.45, 7) is 2.93. The summed E-state index contributed by atoms with van der Waals surface area (Å²) in [5, 5.41) is 7.36. The van der Waals surface area contributed by atoms with Gasteiger partial charge in [-0.15, -0.1) is 0 Å². The Morgan fingerprint density at radius 2 is 2.18 bits per heavy atom. The van der Waals surface area contributed by atoms with E-state index in [0.717, 1.165) is 43.7 Å². The third-order valence-electron chi connectivity index (χ3n) is 5.72. The highest BCUT2D eigenvalue weighted by Crippen LogP contribution is 2.36. The maximum Gasteiger partial charge on any atom is 0.256 e. The Morgan fingerprint density at radius 3 is 3.07 bits per heavy atom. The van der Waals surface area contributed by atoms with E-state index in [1.54, 1.807) is 16.9 Å². The maximum atomic E-state index is 12.8. The van der Waals surface area contributed by atoms with Crippen LogP contribution in [0.25, 0.3) is 5.65 Å². The SMILES string of the molecule is [B]c1cnc2c(c1)C1CCCN1c1ccn3ncc(c3n1)C(=O)NC(C)CC2. The van der Waals surface area contributed by atoms with Crippen molar-refractivity contribution >= 4 is 30.7 Å². The number of hydrogen-bond acceptors (Lipinski definition) is 5. The van der Waals surface area contributed by atoms with E-state index in [9.17, 15) is 4.79 Å². The summed E-state index contributed by atoms with van der Waals surface area (Å²) in [6.07, 6.45) is 8.88. The fourth-order valence-electron chi connectivity index (χ4n) is 4.30. The smallest absolute Gasteiger partial charge is 0.256 e. The zero-order chi connectivity index (χ0) is 19.3. The van der Waals surface area contributed by atoms with Gasteiger partial charge in [-0.25, -0.2) is 9.50 Å². The predicted molar refractivity (Wildman–Crippen MR) is 107 cm³/mol. The summed E-state index contributed by atoms with van der Waals surface area (Å²) < 4.78 is 1.65. The molecule has 8 heteroatoms. The number of carbonyl (C=O) groups is 1. The number of nitrogens with one attached hydrogen (secondary N) is 1. The van der Waals surface area contributed by atoms with E-state index in [4.69, 9.17) is 12.8 Å². The molecule has 5 heterocycles. The molecule has 2 bridgehead atoms. The van der Waals surface area contributed by atoms with Gasteiger partial charge in [0.05, 0.1) is 12.2 Å². The van der Waals surface area contributed by atoms with E-state index in [1.807, 2.05) is 19.2 Å². The summed E-state index contributed by atoms with van der Waals surface area (Å²) >= 11 is 0. The first-order valence-corrected chi connectivity index (χ1v) is 9.76. The summed E-state index contributed by atoms with van der Waals surface area (Å²) in [5.41, 5.74) is 3.99. The number of aromatic nitrogens is 4. The summed E-state index contributed by atoms with van der Waals surface area (Å²) in [6, 6.07) is 4.21. The monoisotopic (exact) mass is 372 g/mol. The Kier molecular flexibility index (Phi) is 4.07. The lowest BCUT2D eigenvalue weighted by Gasteiger charge is -2.28. The van der Waals surface area contributed by atoms with Gasteiger partial charge in [-0.3, -0.25) is 9.78 Å². The van der Waals surface area contributed by atoms with Crippen LogP contribution in [0.5, 0.6) is 0 Å². The van der Waals surface area contributed by atoms with E-state index in [1.165, 1.54) is 5.56 Å². The van der Waals surface area contributed by atoms with Gasteiger partial charge in [0.2, 0.25) is 0 Å². The van der Waals surface area contributed by atoms with E-state index in [-0.39, 0.29) is 18.0 Å². The third kappa shape index (κ3) is 2.84. The summed E-state index contributed by atoms with van der Waals surface area (Å²) in [5.74, 6) is 0.708. The first-order valence-electron chi connectivity index (χ1n) is 9.76. The zero-order valence-corrected chi connectivity index (χ0v) is 15.8. The highest BCUT2D eigenvalue weighted by atomic mass is 16.1. The second-order valence-corrected chi connectivity index (χ2v) is 7.68. The molecule has 7 nitrogen and oxygen atoms in total. The minimum absolute atomic E-state index is 0.0123. The second-order valence-electron chi connectivity index (χ2n) is 7.68. The molecule has 140 valence electrons. The lowest BCUT2D eigenvalue weighted by atomic mass is 9.91. The molecule has 5 rings (SSSR count). The summed E-state index contributed by atoms with van der Waals surface area (Å²) in [7, 11) is 6.08. The molecule has 1 amide bonds. The highest BCUT2D eigenvalue weighted by Gasteiger charge is 2.30. The van der Waals surface area contributed by atoms with E-state index in [0.29, 0.717) is 16.7 Å². The Morgan fingerprint density at radius 1 is 1.29 bits per heavy atom. The van der Waals surface area contributed by atoms with Crippen LogP contribution in [0, 0.1) is 0 Å². The van der Waals surface area contributed by atoms with Crippen LogP contribution in [0.15, 0.2) is 30.7 Å². The number of carbonyl (C=O) groups excluding carboxylic acids is 1. The standard InChI is InChI=1S/C20H21BN6O/c1-12-4-5-16-14(9-13(21)10-22-16)17-3-2-7-26(17)18-6-8-27-19(25-18)15(11-23-27)20(28)24-12/h6,8-12,17H,2-5,7H2,1H3,(H,24,28). The lowest BCUT2D eigenvalue weighted by molar-refractivity contribution is 0.0940. The predicted octanol–water partition coefficient (Wildman–Crippen LogP) is 1.32. The minimum atomic E-state index is -0.144. The molecule has 0 aromatic carbocycles. The van der Waals surface area contributed by atoms with Crippen molar-refractivity contribution in [1.82, 2.24) is 24.9 Å². The van der Waals surface area contributed by atoms with Gasteiger partial charge in [0.15, 0.2) is 5.65 Å². The Balaban J connectivity index is 1.69. The number of fused-ring (bicyclic) bond motifs is 5. The number of nitrogens with zero attached hydrogens (tertiary/aromatic N) is 5. The van der Waals surface area contributed by atoms with Gasteiger partial charge < -0.3 is 10.2 Å². The van der Waals surface area contributed by atoms with Crippen LogP contribution >= 0.6 is 0 Å². The highest BCUT2D eigenvalue weighted by molar-refractivity contribution is 6.32. The molecule has 1 saturated heterocycles. The molecular weight excluding hydrogens is 351 g/mol. The molecule has 2 unspecified atom stereocenters. The first kappa shape index (κ1) is 17.2. The maximum absolute atomic E-state index is 12.8. The fraction of sp³-hybridized carbons (Fsp3) is 0.400. The van der Waals surface area contributed by atoms with Gasteiger partial charge in [0.1, 0.15) is 19.2 Å². The fourth-order valence-corrected chi connectivity index (χ4v) is 4.30. The first-order chi connectivity index (χ1) is 13.6. The van der Waals surface area contributed by atoms with Crippen molar-refractivity contribution in [2.75, 3.05) is 11.4 Å². The number of pyridine rings is 1. The van der Waals surface area contributed by atoms with Crippen molar-refractivity contribution in [3.63, 3.8) is 0 Å². The van der Waals surface area contributed by atoms with Gasteiger partial charge >= 0.3 is 0 Å². The molecule has 2 atom stereocenters. The van der Waals surface area contributed by atoms with Crippen molar-refractivity contribution in [2.24, 2.45) is 0 Å². The average molecular weight is 372 g/mol. The Hall–Kier alpha value is -2.90. The van der Waals surface area contributed by atoms with Crippen molar-refractivity contribution in [3.8, 4) is 0 Å². The normalized spacial score (nSPS) is 22.2. The molecule has 1 fully saturated rings. The van der Waals surface area contributed by atoms with Crippen LogP contribution in [0.4, 0.5) is 5.82 Å². The van der Waals surface area contributed by atoms with Crippen LogP contribution in [0.1, 0.15) is 53.8 Å². The van der Waals surface area contributed by atoms with E-state index >= 15 is 0 Å². The van der Waals surface area contributed by atoms with Crippen LogP contribution in [-0.2, 0) is 6.42 Å². The van der Waals surface area contributed by atoms with E-state index in [2.05, 4.69) is 26.4 Å². The Labute approximate surface area is 164 Å². The molecule has 2 radical (unpaired) electrons. The van der Waals surface area contributed by atoms with Gasteiger partial charge in [0, 0.05) is 30.7 Å². The van der Waals surface area contributed by atoms with Gasteiger partial charge in [-0.05, 0) is 44.2 Å². The van der Waals surface area contributed by atoms with Crippen LogP contribution in [0.2, 0.25) is 0 Å². The molecule has 0 saturated carbocycles. The second kappa shape index (κ2) is 6.62. The molecule has 3 aromatic rings. The quantitative estimate of drug-likeness (QED) is 0.603. The van der Waals surface area contributed by atoms with Gasteiger partial charge in [0.25, 0.3) is 5.91 Å². The molecule has 2 aliphatic rings.